The van der Waals surface area contributed by atoms with Crippen molar-refractivity contribution in [3.05, 3.63) is 30.3 Å². The predicted molar refractivity (Wildman–Crippen MR) is 66.1 cm³/mol. The molecule has 1 rings (SSSR count). The summed E-state index contributed by atoms with van der Waals surface area (Å²) in [4.78, 5) is 11.5. The Balaban J connectivity index is 2.40. The van der Waals surface area contributed by atoms with Gasteiger partial charge in [-0.2, -0.15) is 0 Å². The molecule has 2 amide bonds. The molecule has 0 aliphatic heterocycles. The molecule has 17 heavy (non-hydrogen) atoms. The molecule has 0 radical (unpaired) electrons. The average molecular weight is 236 g/mol. The van der Waals surface area contributed by atoms with Crippen LogP contribution in [-0.4, -0.2) is 23.1 Å². The molecule has 0 bridgehead atoms. The van der Waals surface area contributed by atoms with E-state index in [4.69, 9.17) is 10.9 Å². The maximum Gasteiger partial charge on any atom is 0.319 e. The van der Waals surface area contributed by atoms with Gasteiger partial charge in [0.2, 0.25) is 0 Å². The number of benzene rings is 1. The number of hydrogen-bond donors (Lipinski definition) is 4. The van der Waals surface area contributed by atoms with E-state index < -0.39 is 0 Å². The lowest BCUT2D eigenvalue weighted by Gasteiger charge is -2.13. The minimum absolute atomic E-state index is 0.0810. The summed E-state index contributed by atoms with van der Waals surface area (Å²) in [6.07, 6.45) is 0.290. The van der Waals surface area contributed by atoms with Gasteiger partial charge < -0.3 is 21.6 Å². The second-order valence-electron chi connectivity index (χ2n) is 3.66. The van der Waals surface area contributed by atoms with Gasteiger partial charge in [-0.25, -0.2) is 4.79 Å². The summed E-state index contributed by atoms with van der Waals surface area (Å²) < 4.78 is 0. The Labute approximate surface area is 99.5 Å². The van der Waals surface area contributed by atoms with Crippen molar-refractivity contribution >= 4 is 17.6 Å². The van der Waals surface area contributed by atoms with Crippen molar-refractivity contribution in [3.8, 4) is 0 Å². The summed E-state index contributed by atoms with van der Waals surface area (Å²) in [5.41, 5.74) is 6.04. The van der Waals surface area contributed by atoms with E-state index in [1.165, 1.54) is 0 Å². The van der Waals surface area contributed by atoms with Gasteiger partial charge in [-0.15, -0.1) is 0 Å². The van der Waals surface area contributed by atoms with Crippen molar-refractivity contribution in [2.24, 2.45) is 10.9 Å². The Morgan fingerprint density at radius 3 is 2.71 bits per heavy atom. The number of amides is 2. The first-order valence-corrected chi connectivity index (χ1v) is 5.20. The van der Waals surface area contributed by atoms with E-state index in [1.54, 1.807) is 19.1 Å². The average Bonchev–Trinajstić information content (AvgIpc) is 2.29. The molecule has 0 aliphatic rings. The largest absolute Gasteiger partial charge is 0.409 e. The van der Waals surface area contributed by atoms with E-state index in [1.807, 2.05) is 18.2 Å². The molecular formula is C11H16N4O2. The monoisotopic (exact) mass is 236 g/mol. The molecule has 6 nitrogen and oxygen atoms in total. The standard InChI is InChI=1S/C11H16N4O2/c1-8(7-10(12)15-17)13-11(16)14-9-5-3-2-4-6-9/h2-6,8,17H,7H2,1H3,(H2,12,15)(H2,13,14,16). The molecule has 0 heterocycles. The van der Waals surface area contributed by atoms with Gasteiger partial charge in [0.1, 0.15) is 5.84 Å². The first-order chi connectivity index (χ1) is 8.11. The van der Waals surface area contributed by atoms with Crippen LogP contribution in [-0.2, 0) is 0 Å². The van der Waals surface area contributed by atoms with E-state index >= 15 is 0 Å². The smallest absolute Gasteiger partial charge is 0.319 e. The Bertz CT molecular complexity index is 392. The summed E-state index contributed by atoms with van der Waals surface area (Å²) in [6.45, 7) is 1.77. The summed E-state index contributed by atoms with van der Waals surface area (Å²) in [5, 5.41) is 16.6. The lowest BCUT2D eigenvalue weighted by atomic mass is 10.2. The number of hydrogen-bond acceptors (Lipinski definition) is 3. The van der Waals surface area contributed by atoms with Crippen LogP contribution in [0.5, 0.6) is 0 Å². The lowest BCUT2D eigenvalue weighted by Crippen LogP contribution is -2.38. The van der Waals surface area contributed by atoms with E-state index in [0.29, 0.717) is 12.1 Å². The number of urea groups is 1. The Morgan fingerprint density at radius 1 is 1.47 bits per heavy atom. The van der Waals surface area contributed by atoms with Crippen LogP contribution >= 0.6 is 0 Å². The number of oxime groups is 1. The number of carbonyl (C=O) groups excluding carboxylic acids is 1. The van der Waals surface area contributed by atoms with Gasteiger partial charge in [-0.05, 0) is 19.1 Å². The fourth-order valence-electron chi connectivity index (χ4n) is 1.32. The molecule has 92 valence electrons. The van der Waals surface area contributed by atoms with Gasteiger partial charge in [0.05, 0.1) is 0 Å². The minimum atomic E-state index is -0.325. The first kappa shape index (κ1) is 12.8. The molecular weight excluding hydrogens is 220 g/mol. The highest BCUT2D eigenvalue weighted by Gasteiger charge is 2.08. The molecule has 1 aromatic rings. The fraction of sp³-hybridized carbons (Fsp3) is 0.273. The van der Waals surface area contributed by atoms with Crippen molar-refractivity contribution in [1.82, 2.24) is 5.32 Å². The molecule has 0 saturated carbocycles. The van der Waals surface area contributed by atoms with Crippen molar-refractivity contribution in [2.45, 2.75) is 19.4 Å². The number of nitrogens with zero attached hydrogens (tertiary/aromatic N) is 1. The van der Waals surface area contributed by atoms with E-state index in [2.05, 4.69) is 15.8 Å². The summed E-state index contributed by atoms with van der Waals surface area (Å²) in [5.74, 6) is 0.0810. The maximum atomic E-state index is 11.5. The van der Waals surface area contributed by atoms with Crippen molar-refractivity contribution < 1.29 is 10.0 Å². The normalized spacial score (nSPS) is 12.9. The second kappa shape index (κ2) is 6.37. The third kappa shape index (κ3) is 4.87. The topological polar surface area (TPSA) is 99.7 Å². The van der Waals surface area contributed by atoms with Crippen LogP contribution in [0.3, 0.4) is 0 Å². The zero-order valence-electron chi connectivity index (χ0n) is 9.55. The molecule has 0 aliphatic carbocycles. The molecule has 0 saturated heterocycles. The van der Waals surface area contributed by atoms with Crippen molar-refractivity contribution in [2.75, 3.05) is 5.32 Å². The molecule has 0 fully saturated rings. The van der Waals surface area contributed by atoms with E-state index in [9.17, 15) is 4.79 Å². The number of nitrogens with two attached hydrogens (primary N) is 1. The Kier molecular flexibility index (Phi) is 4.80. The molecule has 1 atom stereocenters. The Hall–Kier alpha value is -2.24. The lowest BCUT2D eigenvalue weighted by molar-refractivity contribution is 0.249. The van der Waals surface area contributed by atoms with Crippen molar-refractivity contribution in [1.29, 1.82) is 0 Å². The number of amidine groups is 1. The number of nitrogens with one attached hydrogen (secondary N) is 2. The van der Waals surface area contributed by atoms with Crippen LogP contribution in [0.4, 0.5) is 10.5 Å². The highest BCUT2D eigenvalue weighted by Crippen LogP contribution is 2.04. The van der Waals surface area contributed by atoms with Crippen LogP contribution in [0.2, 0.25) is 0 Å². The zero-order valence-corrected chi connectivity index (χ0v) is 9.55. The third-order valence-corrected chi connectivity index (χ3v) is 2.05. The van der Waals surface area contributed by atoms with Crippen LogP contribution in [0, 0.1) is 0 Å². The number of rotatable bonds is 4. The summed E-state index contributed by atoms with van der Waals surface area (Å²) in [7, 11) is 0. The van der Waals surface area contributed by atoms with E-state index in [0.717, 1.165) is 0 Å². The first-order valence-electron chi connectivity index (χ1n) is 5.20. The molecule has 0 aromatic heterocycles. The highest BCUT2D eigenvalue weighted by atomic mass is 16.4. The molecule has 1 aromatic carbocycles. The third-order valence-electron chi connectivity index (χ3n) is 2.05. The SMILES string of the molecule is CC(CC(N)=NO)NC(=O)Nc1ccccc1. The van der Waals surface area contributed by atoms with Gasteiger partial charge >= 0.3 is 6.03 Å². The minimum Gasteiger partial charge on any atom is -0.409 e. The van der Waals surface area contributed by atoms with Crippen LogP contribution in [0.1, 0.15) is 13.3 Å². The Morgan fingerprint density at radius 2 is 2.12 bits per heavy atom. The van der Waals surface area contributed by atoms with Crippen LogP contribution < -0.4 is 16.4 Å². The number of carbonyl (C=O) groups is 1. The van der Waals surface area contributed by atoms with Gasteiger partial charge in [-0.1, -0.05) is 23.4 Å². The molecule has 5 N–H and O–H groups in total. The second-order valence-corrected chi connectivity index (χ2v) is 3.66. The molecule has 1 unspecified atom stereocenters. The maximum absolute atomic E-state index is 11.5. The quantitative estimate of drug-likeness (QED) is 0.274. The summed E-state index contributed by atoms with van der Waals surface area (Å²) in [6, 6.07) is 8.56. The predicted octanol–water partition coefficient (Wildman–Crippen LogP) is 1.33. The fourth-order valence-corrected chi connectivity index (χ4v) is 1.32. The van der Waals surface area contributed by atoms with Gasteiger partial charge in [0, 0.05) is 18.2 Å². The highest BCUT2D eigenvalue weighted by molar-refractivity contribution is 5.90. The van der Waals surface area contributed by atoms with Gasteiger partial charge in [-0.3, -0.25) is 0 Å². The number of para-hydroxylation sites is 1. The number of anilines is 1. The molecule has 6 heteroatoms. The van der Waals surface area contributed by atoms with Crippen LogP contribution in [0.25, 0.3) is 0 Å². The van der Waals surface area contributed by atoms with Crippen molar-refractivity contribution in [3.63, 3.8) is 0 Å². The zero-order chi connectivity index (χ0) is 12.7. The van der Waals surface area contributed by atoms with Gasteiger partial charge in [0.25, 0.3) is 0 Å². The van der Waals surface area contributed by atoms with Gasteiger partial charge in [0.15, 0.2) is 0 Å². The van der Waals surface area contributed by atoms with E-state index in [-0.39, 0.29) is 17.9 Å². The molecule has 0 spiro atoms. The summed E-state index contributed by atoms with van der Waals surface area (Å²) >= 11 is 0. The van der Waals surface area contributed by atoms with Crippen LogP contribution in [0.15, 0.2) is 35.5 Å².